The zero-order chi connectivity index (χ0) is 24.9. The van der Waals surface area contributed by atoms with Crippen LogP contribution in [-0.2, 0) is 25.6 Å². The molecule has 0 unspecified atom stereocenters. The fourth-order valence-corrected chi connectivity index (χ4v) is 4.11. The zero-order valence-corrected chi connectivity index (χ0v) is 18.6. The van der Waals surface area contributed by atoms with E-state index in [1.165, 1.54) is 11.5 Å². The number of rotatable bonds is 6. The first-order chi connectivity index (χ1) is 15.9. The van der Waals surface area contributed by atoms with Crippen molar-refractivity contribution in [2.75, 3.05) is 5.32 Å². The summed E-state index contributed by atoms with van der Waals surface area (Å²) in [5, 5.41) is 2.32. The molecule has 2 aromatic heterocycles. The van der Waals surface area contributed by atoms with Gasteiger partial charge in [0.2, 0.25) is 11.9 Å². The number of imidazole rings is 1. The number of nitrogens with zero attached hydrogens (tertiary/aromatic N) is 3. The molecule has 1 amide bonds. The highest BCUT2D eigenvalue weighted by atomic mass is 19.4. The van der Waals surface area contributed by atoms with Crippen molar-refractivity contribution < 1.29 is 32.2 Å². The highest BCUT2D eigenvalue weighted by Crippen LogP contribution is 2.41. The van der Waals surface area contributed by atoms with Crippen LogP contribution in [0.4, 0.5) is 19.1 Å². The van der Waals surface area contributed by atoms with Crippen LogP contribution in [0.15, 0.2) is 9.59 Å². The Morgan fingerprint density at radius 3 is 2.53 bits per heavy atom. The van der Waals surface area contributed by atoms with Crippen molar-refractivity contribution in [1.29, 1.82) is 0 Å². The number of ether oxygens (including phenoxy) is 2. The highest BCUT2D eigenvalue weighted by Gasteiger charge is 2.50. The van der Waals surface area contributed by atoms with Gasteiger partial charge in [-0.3, -0.25) is 29.3 Å². The van der Waals surface area contributed by atoms with E-state index in [9.17, 15) is 32.3 Å². The molecule has 11 nitrogen and oxygen atoms in total. The minimum Gasteiger partial charge on any atom is -0.458 e. The lowest BCUT2D eigenvalue weighted by Gasteiger charge is -2.22. The van der Waals surface area contributed by atoms with Crippen LogP contribution in [0.5, 0.6) is 0 Å². The van der Waals surface area contributed by atoms with Crippen molar-refractivity contribution in [1.82, 2.24) is 19.1 Å². The van der Waals surface area contributed by atoms with Crippen LogP contribution in [-0.4, -0.2) is 49.4 Å². The number of carbonyl (C=O) groups excluding carboxylic acids is 2. The molecule has 4 atom stereocenters. The molecule has 1 aliphatic heterocycles. The third-order valence-corrected chi connectivity index (χ3v) is 5.99. The second kappa shape index (κ2) is 8.56. The average Bonchev–Trinajstić information content (AvgIpc) is 3.37. The number of amides is 1. The van der Waals surface area contributed by atoms with E-state index < -0.39 is 53.7 Å². The van der Waals surface area contributed by atoms with E-state index in [-0.39, 0.29) is 36.0 Å². The molecule has 3 heterocycles. The first-order valence-electron chi connectivity index (χ1n) is 10.8. The number of esters is 1. The average molecular weight is 487 g/mol. The maximum atomic E-state index is 13.4. The van der Waals surface area contributed by atoms with Crippen LogP contribution < -0.4 is 16.6 Å². The fourth-order valence-electron chi connectivity index (χ4n) is 4.11. The first-order valence-corrected chi connectivity index (χ1v) is 10.8. The molecule has 0 spiro atoms. The van der Waals surface area contributed by atoms with Gasteiger partial charge >= 0.3 is 17.8 Å². The van der Waals surface area contributed by atoms with E-state index >= 15 is 0 Å². The summed E-state index contributed by atoms with van der Waals surface area (Å²) in [5.41, 5.74) is -1.75. The SMILES string of the molecule is CC(=O)Nc1nc2c(c(=O)[nH]1)n(CC1CC1)c(=O)n2[C@@H]1O[C@H]([C@H](C)C(F)(F)F)C[C@H]1OC(C)=O. The summed E-state index contributed by atoms with van der Waals surface area (Å²) >= 11 is 0. The van der Waals surface area contributed by atoms with Gasteiger partial charge in [0.05, 0.1) is 12.0 Å². The van der Waals surface area contributed by atoms with Crippen LogP contribution in [0.3, 0.4) is 0 Å². The summed E-state index contributed by atoms with van der Waals surface area (Å²) < 4.78 is 53.1. The molecule has 186 valence electrons. The predicted molar refractivity (Wildman–Crippen MR) is 111 cm³/mol. The molecular formula is C20H24F3N5O6. The molecule has 14 heteroatoms. The smallest absolute Gasteiger partial charge is 0.394 e. The van der Waals surface area contributed by atoms with Crippen LogP contribution in [0.1, 0.15) is 46.3 Å². The van der Waals surface area contributed by atoms with Crippen molar-refractivity contribution >= 4 is 29.0 Å². The standard InChI is InChI=1S/C20H24F3N5O6/c1-8(20(21,22)23)12-6-13(33-10(3)30)17(34-12)28-15-14(27(19(28)32)7-11-4-5-11)16(31)26-18(25-15)24-9(2)29/h8,11-13,17H,4-7H2,1-3H3,(H2,24,25,26,29,31)/t8-,12-,13+,17+/m0/s1. The number of anilines is 1. The molecule has 2 N–H and O–H groups in total. The molecular weight excluding hydrogens is 463 g/mol. The number of hydrogen-bond acceptors (Lipinski definition) is 7. The molecule has 1 saturated carbocycles. The second-order valence-electron chi connectivity index (χ2n) is 8.75. The van der Waals surface area contributed by atoms with Gasteiger partial charge in [-0.2, -0.15) is 18.2 Å². The van der Waals surface area contributed by atoms with E-state index in [1.807, 2.05) is 0 Å². The molecule has 2 aliphatic rings. The van der Waals surface area contributed by atoms with E-state index in [0.29, 0.717) is 0 Å². The number of nitrogens with one attached hydrogen (secondary N) is 2. The Morgan fingerprint density at radius 2 is 1.97 bits per heavy atom. The molecule has 0 bridgehead atoms. The van der Waals surface area contributed by atoms with Crippen LogP contribution in [0.2, 0.25) is 0 Å². The van der Waals surface area contributed by atoms with Gasteiger partial charge in [0.1, 0.15) is 6.10 Å². The molecule has 34 heavy (non-hydrogen) atoms. The quantitative estimate of drug-likeness (QED) is 0.592. The number of H-pyrrole nitrogens is 1. The summed E-state index contributed by atoms with van der Waals surface area (Å²) in [6.45, 7) is 3.43. The molecule has 2 fully saturated rings. The summed E-state index contributed by atoms with van der Waals surface area (Å²) in [4.78, 5) is 56.0. The van der Waals surface area contributed by atoms with Gasteiger partial charge in [-0.15, -0.1) is 0 Å². The van der Waals surface area contributed by atoms with Crippen molar-refractivity contribution in [3.63, 3.8) is 0 Å². The van der Waals surface area contributed by atoms with Gasteiger partial charge < -0.3 is 9.47 Å². The normalized spacial score (nSPS) is 23.8. The molecule has 1 aliphatic carbocycles. The van der Waals surface area contributed by atoms with Gasteiger partial charge in [-0.05, 0) is 18.8 Å². The topological polar surface area (TPSA) is 137 Å². The first kappa shape index (κ1) is 24.0. The van der Waals surface area contributed by atoms with Gasteiger partial charge in [0, 0.05) is 26.8 Å². The van der Waals surface area contributed by atoms with E-state index in [1.54, 1.807) is 0 Å². The van der Waals surface area contributed by atoms with Gasteiger partial charge in [-0.25, -0.2) is 9.36 Å². The van der Waals surface area contributed by atoms with Crippen LogP contribution in [0.25, 0.3) is 11.2 Å². The van der Waals surface area contributed by atoms with Crippen LogP contribution in [0, 0.1) is 11.8 Å². The predicted octanol–water partition coefficient (Wildman–Crippen LogP) is 1.67. The number of hydrogen-bond donors (Lipinski definition) is 2. The minimum atomic E-state index is -4.58. The lowest BCUT2D eigenvalue weighted by atomic mass is 10.0. The Kier molecular flexibility index (Phi) is 6.04. The van der Waals surface area contributed by atoms with E-state index in [2.05, 4.69) is 15.3 Å². The number of aromatic amines is 1. The lowest BCUT2D eigenvalue weighted by molar-refractivity contribution is -0.203. The Hall–Kier alpha value is -3.16. The third kappa shape index (κ3) is 4.58. The summed E-state index contributed by atoms with van der Waals surface area (Å²) in [5.74, 6) is -3.29. The van der Waals surface area contributed by atoms with Crippen molar-refractivity contribution in [3.05, 3.63) is 20.8 Å². The third-order valence-electron chi connectivity index (χ3n) is 5.99. The largest absolute Gasteiger partial charge is 0.458 e. The van der Waals surface area contributed by atoms with Gasteiger partial charge in [0.25, 0.3) is 5.56 Å². The number of fused-ring (bicyclic) bond motifs is 1. The molecule has 2 aromatic rings. The molecule has 1 saturated heterocycles. The number of aromatic nitrogens is 4. The number of halogens is 3. The Labute approximate surface area is 190 Å². The fraction of sp³-hybridized carbons (Fsp3) is 0.650. The van der Waals surface area contributed by atoms with Crippen molar-refractivity contribution in [2.45, 2.75) is 71.2 Å². The maximum absolute atomic E-state index is 13.4. The van der Waals surface area contributed by atoms with Gasteiger partial charge in [0.15, 0.2) is 17.4 Å². The van der Waals surface area contributed by atoms with E-state index in [0.717, 1.165) is 31.3 Å². The minimum absolute atomic E-state index is 0.108. The summed E-state index contributed by atoms with van der Waals surface area (Å²) in [6, 6.07) is 0. The van der Waals surface area contributed by atoms with Crippen molar-refractivity contribution in [3.8, 4) is 0 Å². The Bertz CT molecular complexity index is 1240. The molecule has 4 rings (SSSR count). The number of carbonyl (C=O) groups is 2. The highest BCUT2D eigenvalue weighted by molar-refractivity contribution is 5.87. The summed E-state index contributed by atoms with van der Waals surface area (Å²) in [7, 11) is 0. The van der Waals surface area contributed by atoms with E-state index in [4.69, 9.17) is 9.47 Å². The molecule has 0 radical (unpaired) electrons. The maximum Gasteiger partial charge on any atom is 0.394 e. The molecule has 0 aromatic carbocycles. The number of alkyl halides is 3. The zero-order valence-electron chi connectivity index (χ0n) is 18.6. The second-order valence-corrected chi connectivity index (χ2v) is 8.75. The monoisotopic (exact) mass is 487 g/mol. The van der Waals surface area contributed by atoms with Crippen molar-refractivity contribution in [2.24, 2.45) is 11.8 Å². The summed E-state index contributed by atoms with van der Waals surface area (Å²) in [6.07, 6.45) is -7.26. The van der Waals surface area contributed by atoms with Crippen LogP contribution >= 0.6 is 0 Å². The van der Waals surface area contributed by atoms with Gasteiger partial charge in [-0.1, -0.05) is 6.92 Å². The Morgan fingerprint density at radius 1 is 1.29 bits per heavy atom. The lowest BCUT2D eigenvalue weighted by Crippen LogP contribution is -2.34. The Balaban J connectivity index is 1.87.